The van der Waals surface area contributed by atoms with Gasteiger partial charge in [-0.05, 0) is 30.2 Å². The van der Waals surface area contributed by atoms with Crippen molar-refractivity contribution < 1.29 is 4.79 Å². The molecule has 1 fully saturated rings. The first-order valence-electron chi connectivity index (χ1n) is 9.43. The summed E-state index contributed by atoms with van der Waals surface area (Å²) < 4.78 is 0. The molecule has 0 radical (unpaired) electrons. The van der Waals surface area contributed by atoms with Gasteiger partial charge in [0.05, 0.1) is 0 Å². The van der Waals surface area contributed by atoms with Crippen molar-refractivity contribution in [2.45, 2.75) is 51.4 Å². The van der Waals surface area contributed by atoms with Crippen LogP contribution in [0.3, 0.4) is 0 Å². The van der Waals surface area contributed by atoms with Crippen molar-refractivity contribution in [3.63, 3.8) is 0 Å². The first kappa shape index (κ1) is 23.2. The Kier molecular flexibility index (Phi) is 11.9. The Morgan fingerprint density at radius 2 is 1.96 bits per heavy atom. The van der Waals surface area contributed by atoms with E-state index in [9.17, 15) is 4.79 Å². The van der Waals surface area contributed by atoms with Crippen molar-refractivity contribution in [1.29, 1.82) is 0 Å². The molecule has 1 aromatic heterocycles. The van der Waals surface area contributed by atoms with Gasteiger partial charge >= 0.3 is 0 Å². The topological polar surface area (TPSA) is 65.5 Å². The van der Waals surface area contributed by atoms with Crippen molar-refractivity contribution >= 4 is 47.2 Å². The zero-order valence-electron chi connectivity index (χ0n) is 15.9. The maximum Gasteiger partial charge on any atom is 0.220 e. The molecule has 26 heavy (non-hydrogen) atoms. The highest BCUT2D eigenvalue weighted by Gasteiger charge is 2.16. The Morgan fingerprint density at radius 1 is 1.23 bits per heavy atom. The van der Waals surface area contributed by atoms with Gasteiger partial charge in [-0.3, -0.25) is 9.79 Å². The number of halogens is 1. The van der Waals surface area contributed by atoms with Crippen LogP contribution in [0.2, 0.25) is 0 Å². The predicted molar refractivity (Wildman–Crippen MR) is 122 cm³/mol. The molecule has 0 bridgehead atoms. The van der Waals surface area contributed by atoms with Crippen molar-refractivity contribution in [2.24, 2.45) is 10.9 Å². The van der Waals surface area contributed by atoms with E-state index in [0.29, 0.717) is 31.3 Å². The van der Waals surface area contributed by atoms with Crippen LogP contribution in [-0.4, -0.2) is 38.5 Å². The highest BCUT2D eigenvalue weighted by atomic mass is 127. The fourth-order valence-electron chi connectivity index (χ4n) is 3.25. The van der Waals surface area contributed by atoms with Crippen LogP contribution >= 0.6 is 35.3 Å². The first-order chi connectivity index (χ1) is 12.2. The minimum Gasteiger partial charge on any atom is -0.356 e. The summed E-state index contributed by atoms with van der Waals surface area (Å²) in [4.78, 5) is 17.6. The SMILES string of the molecule is CN=C(NCCNC(=O)CC1CCCCC1)NCC(C)c1cccs1.I. The van der Waals surface area contributed by atoms with Gasteiger partial charge in [-0.1, -0.05) is 32.3 Å². The summed E-state index contributed by atoms with van der Waals surface area (Å²) in [5.74, 6) is 2.01. The van der Waals surface area contributed by atoms with Crippen molar-refractivity contribution in [1.82, 2.24) is 16.0 Å². The van der Waals surface area contributed by atoms with Gasteiger partial charge in [-0.15, -0.1) is 35.3 Å². The molecular weight excluding hydrogens is 459 g/mol. The molecule has 5 nitrogen and oxygen atoms in total. The van der Waals surface area contributed by atoms with Gasteiger partial charge in [0.1, 0.15) is 0 Å². The van der Waals surface area contributed by atoms with Gasteiger partial charge in [0.25, 0.3) is 0 Å². The number of thiophene rings is 1. The van der Waals surface area contributed by atoms with E-state index >= 15 is 0 Å². The summed E-state index contributed by atoms with van der Waals surface area (Å²) in [6, 6.07) is 4.24. The minimum atomic E-state index is 0. The van der Waals surface area contributed by atoms with Crippen molar-refractivity contribution in [3.8, 4) is 0 Å². The molecule has 1 amide bonds. The van der Waals surface area contributed by atoms with E-state index in [1.807, 2.05) is 0 Å². The standard InChI is InChI=1S/C19H32N4OS.HI/c1-15(17-9-6-12-25-17)14-23-19(20-2)22-11-10-21-18(24)13-16-7-4-3-5-8-16;/h6,9,12,15-16H,3-5,7-8,10-11,13-14H2,1-2H3,(H,21,24)(H2,20,22,23);1H. The van der Waals surface area contributed by atoms with Crippen LogP contribution in [0.5, 0.6) is 0 Å². The Balaban J connectivity index is 0.00000338. The second-order valence-corrected chi connectivity index (χ2v) is 7.83. The summed E-state index contributed by atoms with van der Waals surface area (Å²) in [5, 5.41) is 11.7. The van der Waals surface area contributed by atoms with Gasteiger partial charge in [0.15, 0.2) is 5.96 Å². The maximum absolute atomic E-state index is 12.0. The number of hydrogen-bond acceptors (Lipinski definition) is 3. The molecule has 0 aliphatic heterocycles. The molecule has 1 heterocycles. The van der Waals surface area contributed by atoms with E-state index in [0.717, 1.165) is 12.5 Å². The largest absolute Gasteiger partial charge is 0.356 e. The number of hydrogen-bond donors (Lipinski definition) is 3. The van der Waals surface area contributed by atoms with E-state index in [2.05, 4.69) is 45.4 Å². The van der Waals surface area contributed by atoms with Crippen LogP contribution < -0.4 is 16.0 Å². The molecule has 2 rings (SSSR count). The van der Waals surface area contributed by atoms with Gasteiger partial charge in [-0.2, -0.15) is 0 Å². The molecule has 1 aromatic rings. The highest BCUT2D eigenvalue weighted by molar-refractivity contribution is 14.0. The van der Waals surface area contributed by atoms with Gasteiger partial charge < -0.3 is 16.0 Å². The third kappa shape index (κ3) is 8.70. The van der Waals surface area contributed by atoms with E-state index in [1.54, 1.807) is 18.4 Å². The molecule has 1 saturated carbocycles. The molecule has 1 aliphatic rings. The van der Waals surface area contributed by atoms with Crippen LogP contribution in [0.25, 0.3) is 0 Å². The Labute approximate surface area is 178 Å². The molecule has 0 aromatic carbocycles. The third-order valence-electron chi connectivity index (χ3n) is 4.77. The molecule has 3 N–H and O–H groups in total. The minimum absolute atomic E-state index is 0. The first-order valence-corrected chi connectivity index (χ1v) is 10.3. The highest BCUT2D eigenvalue weighted by Crippen LogP contribution is 2.26. The Bertz CT molecular complexity index is 530. The van der Waals surface area contributed by atoms with Gasteiger partial charge in [-0.25, -0.2) is 0 Å². The average molecular weight is 492 g/mol. The predicted octanol–water partition coefficient (Wildman–Crippen LogP) is 3.72. The number of nitrogens with zero attached hydrogens (tertiary/aromatic N) is 1. The molecule has 7 heteroatoms. The van der Waals surface area contributed by atoms with Crippen LogP contribution in [-0.2, 0) is 4.79 Å². The molecule has 0 saturated heterocycles. The molecular formula is C19H33IN4OS. The summed E-state index contributed by atoms with van der Waals surface area (Å²) in [7, 11) is 1.77. The molecule has 0 spiro atoms. The van der Waals surface area contributed by atoms with Crippen molar-refractivity contribution in [3.05, 3.63) is 22.4 Å². The number of nitrogens with one attached hydrogen (secondary N) is 3. The lowest BCUT2D eigenvalue weighted by molar-refractivity contribution is -0.122. The number of rotatable bonds is 8. The van der Waals surface area contributed by atoms with Crippen LogP contribution in [0, 0.1) is 5.92 Å². The van der Waals surface area contributed by atoms with Gasteiger partial charge in [0.2, 0.25) is 5.91 Å². The zero-order valence-corrected chi connectivity index (χ0v) is 19.1. The number of amides is 1. The van der Waals surface area contributed by atoms with Crippen LogP contribution in [0.15, 0.2) is 22.5 Å². The Hall–Kier alpha value is -0.830. The van der Waals surface area contributed by atoms with E-state index in [-0.39, 0.29) is 29.9 Å². The molecule has 1 aliphatic carbocycles. The fraction of sp³-hybridized carbons (Fsp3) is 0.684. The monoisotopic (exact) mass is 492 g/mol. The normalized spacial score (nSPS) is 16.5. The lowest BCUT2D eigenvalue weighted by Gasteiger charge is -2.21. The summed E-state index contributed by atoms with van der Waals surface area (Å²) in [6.45, 7) is 4.36. The lowest BCUT2D eigenvalue weighted by Crippen LogP contribution is -2.42. The number of carbonyl (C=O) groups is 1. The van der Waals surface area contributed by atoms with Crippen LogP contribution in [0.4, 0.5) is 0 Å². The number of carbonyl (C=O) groups excluding carboxylic acids is 1. The van der Waals surface area contributed by atoms with E-state index in [4.69, 9.17) is 0 Å². The Morgan fingerprint density at radius 3 is 2.62 bits per heavy atom. The quantitative estimate of drug-likeness (QED) is 0.224. The maximum atomic E-state index is 12.0. The van der Waals surface area contributed by atoms with E-state index in [1.165, 1.54) is 37.0 Å². The van der Waals surface area contributed by atoms with Gasteiger partial charge in [0, 0.05) is 43.9 Å². The second kappa shape index (κ2) is 13.4. The fourth-order valence-corrected chi connectivity index (χ4v) is 4.04. The number of guanidine groups is 1. The summed E-state index contributed by atoms with van der Waals surface area (Å²) in [6.07, 6.45) is 7.01. The molecule has 1 atom stereocenters. The second-order valence-electron chi connectivity index (χ2n) is 6.85. The third-order valence-corrected chi connectivity index (χ3v) is 5.87. The average Bonchev–Trinajstić information content (AvgIpc) is 3.16. The molecule has 1 unspecified atom stereocenters. The summed E-state index contributed by atoms with van der Waals surface area (Å²) in [5.41, 5.74) is 0. The zero-order chi connectivity index (χ0) is 17.9. The lowest BCUT2D eigenvalue weighted by atomic mass is 9.87. The summed E-state index contributed by atoms with van der Waals surface area (Å²) >= 11 is 1.78. The van der Waals surface area contributed by atoms with Crippen LogP contribution in [0.1, 0.15) is 56.2 Å². The van der Waals surface area contributed by atoms with Crippen molar-refractivity contribution in [2.75, 3.05) is 26.7 Å². The molecule has 148 valence electrons. The van der Waals surface area contributed by atoms with E-state index < -0.39 is 0 Å². The smallest absolute Gasteiger partial charge is 0.220 e. The number of aliphatic imine (C=N–C) groups is 1.